The Morgan fingerprint density at radius 2 is 1.68 bits per heavy atom. The van der Waals surface area contributed by atoms with Gasteiger partial charge in [-0.15, -0.1) is 0 Å². The van der Waals surface area contributed by atoms with E-state index in [2.05, 4.69) is 0 Å². The van der Waals surface area contributed by atoms with Crippen LogP contribution in [0.5, 0.6) is 17.2 Å². The van der Waals surface area contributed by atoms with Crippen molar-refractivity contribution >= 4 is 23.1 Å². The number of ketones is 1. The average Bonchev–Trinajstić information content (AvgIpc) is 3.10. The van der Waals surface area contributed by atoms with Gasteiger partial charge in [0.25, 0.3) is 11.7 Å². The number of carbonyl (C=O) groups is 2. The summed E-state index contributed by atoms with van der Waals surface area (Å²) in [5, 5.41) is 21.2. The molecule has 0 spiro atoms. The number of carbonyl (C=O) groups excluding carboxylic acids is 2. The smallest absolute Gasteiger partial charge is 0.300 e. The second kappa shape index (κ2) is 8.18. The van der Waals surface area contributed by atoms with Crippen molar-refractivity contribution in [3.63, 3.8) is 0 Å². The zero-order valence-corrected chi connectivity index (χ0v) is 17.5. The zero-order chi connectivity index (χ0) is 24.0. The van der Waals surface area contributed by atoms with Gasteiger partial charge < -0.3 is 19.7 Å². The number of amides is 1. The zero-order valence-electron chi connectivity index (χ0n) is 17.5. The number of ether oxygens (including phenoxy) is 2. The highest BCUT2D eigenvalue weighted by molar-refractivity contribution is 6.51. The number of aliphatic hydroxyl groups excluding tert-OH is 1. The summed E-state index contributed by atoms with van der Waals surface area (Å²) >= 11 is 0. The molecule has 1 fully saturated rings. The van der Waals surface area contributed by atoms with Crippen molar-refractivity contribution in [2.45, 2.75) is 6.04 Å². The molecule has 2 aliphatic rings. The normalized spacial score (nSPS) is 18.9. The molecule has 1 atom stereocenters. The molecule has 1 saturated heterocycles. The first-order chi connectivity index (χ1) is 16.3. The molecule has 5 rings (SSSR count). The topological polar surface area (TPSA) is 96.3 Å². The minimum atomic E-state index is -1.22. The van der Waals surface area contributed by atoms with Gasteiger partial charge in [-0.25, -0.2) is 8.78 Å². The summed E-state index contributed by atoms with van der Waals surface area (Å²) in [5.74, 6) is -4.20. The highest BCUT2D eigenvalue weighted by Crippen LogP contribution is 2.44. The van der Waals surface area contributed by atoms with E-state index in [1.165, 1.54) is 30.3 Å². The van der Waals surface area contributed by atoms with Crippen molar-refractivity contribution in [1.82, 2.24) is 0 Å². The van der Waals surface area contributed by atoms with Crippen molar-refractivity contribution in [3.05, 3.63) is 89.0 Å². The summed E-state index contributed by atoms with van der Waals surface area (Å²) in [5.41, 5.74) is 0.105. The number of fused-ring (bicyclic) bond motifs is 1. The summed E-state index contributed by atoms with van der Waals surface area (Å²) in [7, 11) is 0. The van der Waals surface area contributed by atoms with Gasteiger partial charge in [0.15, 0.2) is 23.1 Å². The summed E-state index contributed by atoms with van der Waals surface area (Å²) in [6.45, 7) is 0.677. The lowest BCUT2D eigenvalue weighted by atomic mass is 9.94. The molecule has 0 radical (unpaired) electrons. The molecule has 9 heteroatoms. The monoisotopic (exact) mass is 465 g/mol. The first-order valence-electron chi connectivity index (χ1n) is 10.3. The van der Waals surface area contributed by atoms with Crippen LogP contribution >= 0.6 is 0 Å². The molecule has 1 amide bonds. The van der Waals surface area contributed by atoms with Crippen molar-refractivity contribution < 1.29 is 38.1 Å². The third-order valence-corrected chi connectivity index (χ3v) is 5.63. The van der Waals surface area contributed by atoms with Crippen LogP contribution in [0.4, 0.5) is 14.5 Å². The largest absolute Gasteiger partial charge is 0.508 e. The molecule has 0 aliphatic carbocycles. The van der Waals surface area contributed by atoms with Crippen LogP contribution in [0, 0.1) is 11.6 Å². The van der Waals surface area contributed by atoms with E-state index in [-0.39, 0.29) is 28.1 Å². The highest BCUT2D eigenvalue weighted by atomic mass is 19.2. The molecule has 7 nitrogen and oxygen atoms in total. The second-order valence-corrected chi connectivity index (χ2v) is 7.72. The van der Waals surface area contributed by atoms with Crippen LogP contribution in [0.15, 0.2) is 66.2 Å². The molecule has 2 aliphatic heterocycles. The number of Topliss-reactive ketones (excluding diaryl/α,β-unsaturated/α-hetero) is 1. The number of phenols is 1. The SMILES string of the molecule is O=C1C(=O)N(c2ccc(F)c(F)c2)C(c2cccc(O)c2)/C1=C(/O)c1ccc2c(c1)OCCO2. The molecule has 3 aromatic rings. The van der Waals surface area contributed by atoms with E-state index in [0.29, 0.717) is 24.7 Å². The molecule has 3 aromatic carbocycles. The molecule has 0 saturated carbocycles. The molecule has 0 aromatic heterocycles. The maximum atomic E-state index is 14.0. The fourth-order valence-corrected chi connectivity index (χ4v) is 4.09. The Morgan fingerprint density at radius 1 is 0.912 bits per heavy atom. The highest BCUT2D eigenvalue weighted by Gasteiger charge is 2.47. The van der Waals surface area contributed by atoms with E-state index in [4.69, 9.17) is 9.47 Å². The van der Waals surface area contributed by atoms with Crippen molar-refractivity contribution in [3.8, 4) is 17.2 Å². The summed E-state index contributed by atoms with van der Waals surface area (Å²) in [6, 6.07) is 11.9. The van der Waals surface area contributed by atoms with Gasteiger partial charge in [-0.1, -0.05) is 12.1 Å². The predicted molar refractivity (Wildman–Crippen MR) is 117 cm³/mol. The Hall–Kier alpha value is -4.40. The van der Waals surface area contributed by atoms with E-state index in [0.717, 1.165) is 23.1 Å². The third-order valence-electron chi connectivity index (χ3n) is 5.63. The van der Waals surface area contributed by atoms with Crippen LogP contribution in [-0.4, -0.2) is 35.1 Å². The van der Waals surface area contributed by atoms with Gasteiger partial charge in [-0.2, -0.15) is 0 Å². The van der Waals surface area contributed by atoms with E-state index >= 15 is 0 Å². The fraction of sp³-hybridized carbons (Fsp3) is 0.120. The lowest BCUT2D eigenvalue weighted by Crippen LogP contribution is -2.29. The Labute approximate surface area is 192 Å². The first kappa shape index (κ1) is 21.4. The average molecular weight is 465 g/mol. The van der Waals surface area contributed by atoms with Crippen LogP contribution in [0.25, 0.3) is 5.76 Å². The molecule has 0 bridgehead atoms. The van der Waals surface area contributed by atoms with Crippen LogP contribution in [0.1, 0.15) is 17.2 Å². The number of aliphatic hydroxyl groups is 1. The van der Waals surface area contributed by atoms with E-state index in [1.54, 1.807) is 12.1 Å². The molecule has 1 unspecified atom stereocenters. The number of nitrogens with zero attached hydrogens (tertiary/aromatic N) is 1. The molecule has 2 heterocycles. The Balaban J connectivity index is 1.71. The van der Waals surface area contributed by atoms with Gasteiger partial charge in [-0.05, 0) is 48.0 Å². The van der Waals surface area contributed by atoms with Gasteiger partial charge in [0.05, 0.1) is 11.6 Å². The lowest BCUT2D eigenvalue weighted by Gasteiger charge is -2.25. The van der Waals surface area contributed by atoms with Crippen LogP contribution in [0.3, 0.4) is 0 Å². The summed E-state index contributed by atoms with van der Waals surface area (Å²) < 4.78 is 38.6. The molecule has 2 N–H and O–H groups in total. The van der Waals surface area contributed by atoms with Crippen LogP contribution in [-0.2, 0) is 9.59 Å². The number of anilines is 1. The quantitative estimate of drug-likeness (QED) is 0.344. The molecular formula is C25H17F2NO6. The van der Waals surface area contributed by atoms with Crippen molar-refractivity contribution in [1.29, 1.82) is 0 Å². The maximum Gasteiger partial charge on any atom is 0.300 e. The minimum Gasteiger partial charge on any atom is -0.508 e. The third kappa shape index (κ3) is 3.51. The van der Waals surface area contributed by atoms with Gasteiger partial charge in [-0.3, -0.25) is 14.5 Å². The predicted octanol–water partition coefficient (Wildman–Crippen LogP) is 4.07. The fourth-order valence-electron chi connectivity index (χ4n) is 4.09. The number of hydrogen-bond acceptors (Lipinski definition) is 6. The Bertz CT molecular complexity index is 1370. The number of aromatic hydroxyl groups is 1. The molecule has 172 valence electrons. The standard InChI is InChI=1S/C25H17F2NO6/c26-17-6-5-15(12-18(17)27)28-22(13-2-1-3-16(29)10-13)21(24(31)25(28)32)23(30)14-4-7-19-20(11-14)34-9-8-33-19/h1-7,10-12,22,29-30H,8-9H2/b23-21-. The van der Waals surface area contributed by atoms with Crippen LogP contribution < -0.4 is 14.4 Å². The minimum absolute atomic E-state index is 0.0874. The number of hydrogen-bond donors (Lipinski definition) is 2. The van der Waals surface area contributed by atoms with Gasteiger partial charge in [0.1, 0.15) is 24.7 Å². The number of rotatable bonds is 3. The second-order valence-electron chi connectivity index (χ2n) is 7.72. The number of benzene rings is 3. The van der Waals surface area contributed by atoms with Crippen molar-refractivity contribution in [2.75, 3.05) is 18.1 Å². The summed E-state index contributed by atoms with van der Waals surface area (Å²) in [6.07, 6.45) is 0. The van der Waals surface area contributed by atoms with E-state index in [1.807, 2.05) is 0 Å². The Kier molecular flexibility index (Phi) is 5.16. The first-order valence-corrected chi connectivity index (χ1v) is 10.3. The van der Waals surface area contributed by atoms with Gasteiger partial charge in [0, 0.05) is 17.3 Å². The van der Waals surface area contributed by atoms with E-state index in [9.17, 15) is 28.6 Å². The number of halogens is 2. The number of phenolic OH excluding ortho intramolecular Hbond substituents is 1. The van der Waals surface area contributed by atoms with Gasteiger partial charge >= 0.3 is 0 Å². The lowest BCUT2D eigenvalue weighted by molar-refractivity contribution is -0.132. The maximum absolute atomic E-state index is 14.0. The van der Waals surface area contributed by atoms with Crippen LogP contribution in [0.2, 0.25) is 0 Å². The van der Waals surface area contributed by atoms with Crippen molar-refractivity contribution in [2.24, 2.45) is 0 Å². The Morgan fingerprint density at radius 3 is 2.41 bits per heavy atom. The van der Waals surface area contributed by atoms with Gasteiger partial charge in [0.2, 0.25) is 0 Å². The molecular weight excluding hydrogens is 448 g/mol. The molecule has 34 heavy (non-hydrogen) atoms. The van der Waals surface area contributed by atoms with E-state index < -0.39 is 35.1 Å². The summed E-state index contributed by atoms with van der Waals surface area (Å²) in [4.78, 5) is 27.1.